The van der Waals surface area contributed by atoms with Crippen molar-refractivity contribution in [3.63, 3.8) is 0 Å². The average Bonchev–Trinajstić information content (AvgIpc) is 2.25. The van der Waals surface area contributed by atoms with Crippen molar-refractivity contribution in [2.45, 2.75) is 38.2 Å². The van der Waals surface area contributed by atoms with Gasteiger partial charge in [-0.05, 0) is 37.8 Å². The maximum Gasteiger partial charge on any atom is 0.165 e. The quantitative estimate of drug-likeness (QED) is 0.812. The van der Waals surface area contributed by atoms with Gasteiger partial charge in [0.15, 0.2) is 11.6 Å². The molecule has 0 radical (unpaired) electrons. The Hall–Kier alpha value is -1.25. The van der Waals surface area contributed by atoms with Gasteiger partial charge in [0.25, 0.3) is 0 Å². The van der Waals surface area contributed by atoms with E-state index in [2.05, 4.69) is 0 Å². The second-order valence-corrected chi connectivity index (χ2v) is 3.99. The van der Waals surface area contributed by atoms with E-state index in [-0.39, 0.29) is 17.6 Å². The first-order valence-corrected chi connectivity index (χ1v) is 5.41. The molecule has 0 aromatic heterocycles. The largest absolute Gasteiger partial charge is 0.508 e. The lowest BCUT2D eigenvalue weighted by Crippen LogP contribution is -2.20. The maximum atomic E-state index is 13.3. The third-order valence-electron chi connectivity index (χ3n) is 2.76. The summed E-state index contributed by atoms with van der Waals surface area (Å²) >= 11 is 0. The van der Waals surface area contributed by atoms with Crippen LogP contribution in [0.2, 0.25) is 0 Å². The number of ether oxygens (including phenoxy) is 1. The van der Waals surface area contributed by atoms with E-state index in [1.807, 2.05) is 0 Å². The van der Waals surface area contributed by atoms with Gasteiger partial charge in [0, 0.05) is 6.07 Å². The number of phenols is 1. The molecule has 1 saturated carbocycles. The monoisotopic (exact) mass is 210 g/mol. The lowest BCUT2D eigenvalue weighted by Gasteiger charge is -2.23. The van der Waals surface area contributed by atoms with E-state index in [0.29, 0.717) is 0 Å². The van der Waals surface area contributed by atoms with Gasteiger partial charge in [0.1, 0.15) is 5.75 Å². The summed E-state index contributed by atoms with van der Waals surface area (Å²) in [5.41, 5.74) is 0. The van der Waals surface area contributed by atoms with Crippen molar-refractivity contribution in [2.24, 2.45) is 0 Å². The second-order valence-electron chi connectivity index (χ2n) is 3.99. The zero-order chi connectivity index (χ0) is 10.7. The molecule has 2 nitrogen and oxygen atoms in total. The Morgan fingerprint density at radius 1 is 1.20 bits per heavy atom. The van der Waals surface area contributed by atoms with Crippen molar-refractivity contribution < 1.29 is 14.2 Å². The molecule has 0 unspecified atom stereocenters. The van der Waals surface area contributed by atoms with E-state index in [1.165, 1.54) is 24.6 Å². The van der Waals surface area contributed by atoms with Crippen molar-refractivity contribution in [1.82, 2.24) is 0 Å². The minimum Gasteiger partial charge on any atom is -0.508 e. The van der Waals surface area contributed by atoms with Gasteiger partial charge >= 0.3 is 0 Å². The molecule has 0 atom stereocenters. The summed E-state index contributed by atoms with van der Waals surface area (Å²) < 4.78 is 18.8. The number of hydrogen-bond acceptors (Lipinski definition) is 2. The van der Waals surface area contributed by atoms with E-state index >= 15 is 0 Å². The Morgan fingerprint density at radius 2 is 1.93 bits per heavy atom. The van der Waals surface area contributed by atoms with Crippen LogP contribution in [0.15, 0.2) is 18.2 Å². The molecule has 0 saturated heterocycles. The maximum absolute atomic E-state index is 13.3. The van der Waals surface area contributed by atoms with Crippen LogP contribution >= 0.6 is 0 Å². The molecule has 1 aliphatic rings. The van der Waals surface area contributed by atoms with Crippen LogP contribution in [0.3, 0.4) is 0 Å². The molecule has 0 heterocycles. The molecule has 0 aliphatic heterocycles. The second kappa shape index (κ2) is 4.51. The summed E-state index contributed by atoms with van der Waals surface area (Å²) in [6.07, 6.45) is 5.60. The molecule has 1 aromatic rings. The summed E-state index contributed by atoms with van der Waals surface area (Å²) in [5, 5.41) is 9.22. The molecular weight excluding hydrogens is 195 g/mol. The number of aromatic hydroxyl groups is 1. The summed E-state index contributed by atoms with van der Waals surface area (Å²) in [6, 6.07) is 3.89. The van der Waals surface area contributed by atoms with E-state index in [0.717, 1.165) is 25.7 Å². The van der Waals surface area contributed by atoms with Crippen molar-refractivity contribution in [2.75, 3.05) is 0 Å². The highest BCUT2D eigenvalue weighted by molar-refractivity contribution is 5.33. The smallest absolute Gasteiger partial charge is 0.165 e. The van der Waals surface area contributed by atoms with Gasteiger partial charge in [-0.2, -0.15) is 0 Å². The number of phenolic OH excluding ortho intramolecular Hbond substituents is 1. The highest BCUT2D eigenvalue weighted by Crippen LogP contribution is 2.27. The number of halogens is 1. The van der Waals surface area contributed by atoms with Crippen LogP contribution < -0.4 is 4.74 Å². The topological polar surface area (TPSA) is 29.5 Å². The zero-order valence-electron chi connectivity index (χ0n) is 8.58. The van der Waals surface area contributed by atoms with Crippen molar-refractivity contribution in [3.05, 3.63) is 24.0 Å². The first-order chi connectivity index (χ1) is 7.25. The minimum atomic E-state index is -0.404. The van der Waals surface area contributed by atoms with Crippen molar-refractivity contribution >= 4 is 0 Å². The Balaban J connectivity index is 2.05. The lowest BCUT2D eigenvalue weighted by atomic mass is 9.98. The van der Waals surface area contributed by atoms with E-state index in [4.69, 9.17) is 4.74 Å². The molecule has 82 valence electrons. The lowest BCUT2D eigenvalue weighted by molar-refractivity contribution is 0.148. The first kappa shape index (κ1) is 10.3. The van der Waals surface area contributed by atoms with Gasteiger partial charge in [-0.1, -0.05) is 6.42 Å². The van der Waals surface area contributed by atoms with Gasteiger partial charge in [-0.3, -0.25) is 0 Å². The highest BCUT2D eigenvalue weighted by atomic mass is 19.1. The Bertz CT molecular complexity index is 332. The van der Waals surface area contributed by atoms with Crippen LogP contribution in [0, 0.1) is 5.82 Å². The van der Waals surface area contributed by atoms with Gasteiger partial charge in [0.05, 0.1) is 6.10 Å². The van der Waals surface area contributed by atoms with Crippen LogP contribution in [-0.2, 0) is 0 Å². The molecule has 15 heavy (non-hydrogen) atoms. The van der Waals surface area contributed by atoms with Crippen molar-refractivity contribution in [1.29, 1.82) is 0 Å². The Kier molecular flexibility index (Phi) is 3.09. The fourth-order valence-electron chi connectivity index (χ4n) is 1.94. The molecule has 3 heteroatoms. The number of hydrogen-bond donors (Lipinski definition) is 1. The number of rotatable bonds is 2. The average molecular weight is 210 g/mol. The fraction of sp³-hybridized carbons (Fsp3) is 0.500. The van der Waals surface area contributed by atoms with Crippen LogP contribution in [0.4, 0.5) is 4.39 Å². The summed E-state index contributed by atoms with van der Waals surface area (Å²) in [7, 11) is 0. The predicted octanol–water partition coefficient (Wildman–Crippen LogP) is 3.24. The van der Waals surface area contributed by atoms with Crippen LogP contribution in [0.1, 0.15) is 32.1 Å². The number of benzene rings is 1. The van der Waals surface area contributed by atoms with E-state index < -0.39 is 5.82 Å². The Labute approximate surface area is 88.7 Å². The van der Waals surface area contributed by atoms with Crippen LogP contribution in [0.25, 0.3) is 0 Å². The predicted molar refractivity (Wildman–Crippen MR) is 55.6 cm³/mol. The summed E-state index contributed by atoms with van der Waals surface area (Å²) in [6.45, 7) is 0. The molecule has 1 N–H and O–H groups in total. The summed E-state index contributed by atoms with van der Waals surface area (Å²) in [5.74, 6) is -0.192. The van der Waals surface area contributed by atoms with Crippen LogP contribution in [0.5, 0.6) is 11.5 Å². The first-order valence-electron chi connectivity index (χ1n) is 5.41. The molecule has 0 amide bonds. The van der Waals surface area contributed by atoms with Crippen LogP contribution in [-0.4, -0.2) is 11.2 Å². The van der Waals surface area contributed by atoms with Gasteiger partial charge < -0.3 is 9.84 Å². The highest BCUT2D eigenvalue weighted by Gasteiger charge is 2.16. The van der Waals surface area contributed by atoms with Crippen molar-refractivity contribution in [3.8, 4) is 11.5 Å². The molecule has 1 fully saturated rings. The molecular formula is C12H15FO2. The van der Waals surface area contributed by atoms with Gasteiger partial charge in [0.2, 0.25) is 0 Å². The SMILES string of the molecule is Oc1ccc(F)c(OC2CCCCC2)c1. The van der Waals surface area contributed by atoms with E-state index in [9.17, 15) is 9.50 Å². The minimum absolute atomic E-state index is 0.0437. The molecule has 1 aromatic carbocycles. The molecule has 0 spiro atoms. The fourth-order valence-corrected chi connectivity index (χ4v) is 1.94. The Morgan fingerprint density at radius 3 is 2.67 bits per heavy atom. The zero-order valence-corrected chi connectivity index (χ0v) is 8.58. The van der Waals surface area contributed by atoms with Gasteiger partial charge in [-0.15, -0.1) is 0 Å². The molecule has 0 bridgehead atoms. The van der Waals surface area contributed by atoms with E-state index in [1.54, 1.807) is 0 Å². The molecule has 2 rings (SSSR count). The third kappa shape index (κ3) is 2.61. The summed E-state index contributed by atoms with van der Waals surface area (Å²) in [4.78, 5) is 0. The molecule has 1 aliphatic carbocycles. The third-order valence-corrected chi connectivity index (χ3v) is 2.76. The van der Waals surface area contributed by atoms with Gasteiger partial charge in [-0.25, -0.2) is 4.39 Å². The standard InChI is InChI=1S/C12H15FO2/c13-11-7-6-9(14)8-12(11)15-10-4-2-1-3-5-10/h6-8,10,14H,1-5H2. The normalized spacial score (nSPS) is 17.7.